The van der Waals surface area contributed by atoms with Crippen molar-refractivity contribution < 1.29 is 23.8 Å². The Balaban J connectivity index is 1.44. The van der Waals surface area contributed by atoms with E-state index in [2.05, 4.69) is 31.4 Å². The molecule has 42 heavy (non-hydrogen) atoms. The number of fused-ring (bicyclic) bond motifs is 1. The van der Waals surface area contributed by atoms with Crippen LogP contribution < -0.4 is 19.6 Å². The highest BCUT2D eigenvalue weighted by Crippen LogP contribution is 2.38. The number of ether oxygens (including phenoxy) is 3. The van der Waals surface area contributed by atoms with Gasteiger partial charge in [-0.25, -0.2) is 10.2 Å². The van der Waals surface area contributed by atoms with Crippen LogP contribution in [0.1, 0.15) is 26.4 Å². The average molecular weight is 667 g/mol. The van der Waals surface area contributed by atoms with Gasteiger partial charge in [-0.2, -0.15) is 5.10 Å². The van der Waals surface area contributed by atoms with Crippen LogP contribution in [0.15, 0.2) is 88.4 Å². The molecule has 0 saturated heterocycles. The Labute approximate surface area is 259 Å². The molecule has 0 unspecified atom stereocenters. The fraction of sp³-hybridized carbons (Fsp3) is 0.0645. The number of hydrogen-bond donors (Lipinski definition) is 2. The Morgan fingerprint density at radius 3 is 2.48 bits per heavy atom. The van der Waals surface area contributed by atoms with Gasteiger partial charge in [0.25, 0.3) is 5.91 Å². The van der Waals surface area contributed by atoms with Crippen molar-refractivity contribution in [2.45, 2.75) is 0 Å². The lowest BCUT2D eigenvalue weighted by molar-refractivity contribution is 0.0730. The lowest BCUT2D eigenvalue weighted by atomic mass is 10.0. The lowest BCUT2D eigenvalue weighted by Crippen LogP contribution is -2.19. The molecule has 0 saturated carbocycles. The first-order chi connectivity index (χ1) is 20.3. The van der Waals surface area contributed by atoms with E-state index in [4.69, 9.17) is 37.4 Å². The molecule has 0 bridgehead atoms. The number of halogens is 3. The zero-order chi connectivity index (χ0) is 29.8. The van der Waals surface area contributed by atoms with Crippen LogP contribution in [0.5, 0.6) is 17.2 Å². The Bertz CT molecular complexity index is 1850. The molecule has 0 aliphatic carbocycles. The molecule has 0 radical (unpaired) electrons. The SMILES string of the molecule is COc1ccc2[nH]c(C(=O)NN=Cc3cc(Br)ccc3OC(=O)c3cc(Cl)ccc3OC)c(-c3ccccc3Cl)c2c1. The van der Waals surface area contributed by atoms with Gasteiger partial charge in [-0.05, 0) is 60.7 Å². The summed E-state index contributed by atoms with van der Waals surface area (Å²) in [6, 6.07) is 22.4. The highest BCUT2D eigenvalue weighted by atomic mass is 79.9. The van der Waals surface area contributed by atoms with E-state index >= 15 is 0 Å². The Morgan fingerprint density at radius 1 is 0.929 bits per heavy atom. The average Bonchev–Trinajstić information content (AvgIpc) is 3.37. The first kappa shape index (κ1) is 29.2. The van der Waals surface area contributed by atoms with E-state index in [-0.39, 0.29) is 17.0 Å². The first-order valence-corrected chi connectivity index (χ1v) is 14.0. The minimum Gasteiger partial charge on any atom is -0.497 e. The van der Waals surface area contributed by atoms with Crippen LogP contribution in [0.4, 0.5) is 0 Å². The number of nitrogens with zero attached hydrogens (tertiary/aromatic N) is 1. The van der Waals surface area contributed by atoms with Crippen LogP contribution in [-0.2, 0) is 0 Å². The van der Waals surface area contributed by atoms with Gasteiger partial charge < -0.3 is 19.2 Å². The number of aromatic amines is 1. The number of carbonyl (C=O) groups excluding carboxylic acids is 2. The highest BCUT2D eigenvalue weighted by molar-refractivity contribution is 9.10. The molecule has 4 aromatic carbocycles. The molecule has 0 aliphatic heterocycles. The number of nitrogens with one attached hydrogen (secondary N) is 2. The Hall–Kier alpha value is -4.31. The van der Waals surface area contributed by atoms with Crippen molar-refractivity contribution in [1.82, 2.24) is 10.4 Å². The number of H-pyrrole nitrogens is 1. The largest absolute Gasteiger partial charge is 0.497 e. The number of amides is 1. The number of aromatic nitrogens is 1. The van der Waals surface area contributed by atoms with E-state index in [1.165, 1.54) is 19.4 Å². The third kappa shape index (κ3) is 6.13. The van der Waals surface area contributed by atoms with Gasteiger partial charge in [-0.15, -0.1) is 0 Å². The molecule has 212 valence electrons. The predicted molar refractivity (Wildman–Crippen MR) is 167 cm³/mol. The van der Waals surface area contributed by atoms with E-state index in [9.17, 15) is 9.59 Å². The van der Waals surface area contributed by atoms with Crippen LogP contribution >= 0.6 is 39.1 Å². The summed E-state index contributed by atoms with van der Waals surface area (Å²) in [7, 11) is 3.02. The van der Waals surface area contributed by atoms with Crippen molar-refractivity contribution in [1.29, 1.82) is 0 Å². The number of hydrazone groups is 1. The summed E-state index contributed by atoms with van der Waals surface area (Å²) in [5, 5.41) is 5.75. The van der Waals surface area contributed by atoms with Crippen molar-refractivity contribution in [3.05, 3.63) is 110 Å². The molecule has 1 heterocycles. The van der Waals surface area contributed by atoms with Gasteiger partial charge in [0.05, 0.1) is 20.4 Å². The van der Waals surface area contributed by atoms with Crippen molar-refractivity contribution in [3.63, 3.8) is 0 Å². The van der Waals surface area contributed by atoms with E-state index in [0.717, 1.165) is 10.9 Å². The molecule has 8 nitrogen and oxygen atoms in total. The minimum atomic E-state index is -0.673. The predicted octanol–water partition coefficient (Wildman–Crippen LogP) is 7.90. The third-order valence-electron chi connectivity index (χ3n) is 6.30. The van der Waals surface area contributed by atoms with E-state index < -0.39 is 11.9 Å². The zero-order valence-corrected chi connectivity index (χ0v) is 25.3. The number of methoxy groups -OCH3 is 2. The molecule has 0 spiro atoms. The monoisotopic (exact) mass is 665 g/mol. The quantitative estimate of drug-likeness (QED) is 0.0759. The highest BCUT2D eigenvalue weighted by Gasteiger charge is 2.22. The maximum atomic E-state index is 13.4. The fourth-order valence-corrected chi connectivity index (χ4v) is 5.12. The molecule has 2 N–H and O–H groups in total. The molecule has 5 aromatic rings. The topological polar surface area (TPSA) is 102 Å². The molecule has 11 heteroatoms. The summed E-state index contributed by atoms with van der Waals surface area (Å²) in [4.78, 5) is 29.6. The molecule has 0 aliphatic rings. The number of carbonyl (C=O) groups is 2. The van der Waals surface area contributed by atoms with Crippen molar-refractivity contribution >= 4 is 68.1 Å². The second kappa shape index (κ2) is 12.7. The fourth-order valence-electron chi connectivity index (χ4n) is 4.34. The smallest absolute Gasteiger partial charge is 0.347 e. The van der Waals surface area contributed by atoms with Crippen molar-refractivity contribution in [2.75, 3.05) is 14.2 Å². The van der Waals surface area contributed by atoms with Gasteiger partial charge in [0.2, 0.25) is 0 Å². The zero-order valence-electron chi connectivity index (χ0n) is 22.2. The number of hydrogen-bond acceptors (Lipinski definition) is 6. The molecule has 1 aromatic heterocycles. The van der Waals surface area contributed by atoms with Crippen LogP contribution in [0.3, 0.4) is 0 Å². The van der Waals surface area contributed by atoms with E-state index in [1.54, 1.807) is 49.6 Å². The molecule has 1 amide bonds. The second-order valence-electron chi connectivity index (χ2n) is 8.88. The molecule has 0 atom stereocenters. The van der Waals surface area contributed by atoms with Crippen LogP contribution in [0.2, 0.25) is 10.0 Å². The van der Waals surface area contributed by atoms with Gasteiger partial charge >= 0.3 is 5.97 Å². The third-order valence-corrected chi connectivity index (χ3v) is 7.36. The van der Waals surface area contributed by atoms with Gasteiger partial charge in [-0.1, -0.05) is 57.3 Å². The minimum absolute atomic E-state index is 0.159. The molecular weight excluding hydrogens is 645 g/mol. The second-order valence-corrected chi connectivity index (χ2v) is 10.6. The number of benzene rings is 4. The maximum Gasteiger partial charge on any atom is 0.347 e. The van der Waals surface area contributed by atoms with Crippen LogP contribution in [0, 0.1) is 0 Å². The van der Waals surface area contributed by atoms with Crippen LogP contribution in [0.25, 0.3) is 22.0 Å². The Kier molecular flexibility index (Phi) is 8.82. The standard InChI is InChI=1S/C31H22BrCl2N3O5/c1-40-20-9-10-25-22(15-20)28(21-5-3-4-6-24(21)34)29(36-25)30(38)37-35-16-17-13-18(32)7-11-26(17)42-31(39)23-14-19(33)8-12-27(23)41-2/h3-16,36H,1-2H3,(H,37,38). The van der Waals surface area contributed by atoms with Crippen molar-refractivity contribution in [2.24, 2.45) is 5.10 Å². The maximum absolute atomic E-state index is 13.4. The van der Waals surface area contributed by atoms with Crippen molar-refractivity contribution in [3.8, 4) is 28.4 Å². The Morgan fingerprint density at radius 2 is 1.71 bits per heavy atom. The van der Waals surface area contributed by atoms with Gasteiger partial charge in [-0.3, -0.25) is 4.79 Å². The van der Waals surface area contributed by atoms with E-state index in [1.807, 2.05) is 30.3 Å². The first-order valence-electron chi connectivity index (χ1n) is 12.4. The number of rotatable bonds is 8. The molecule has 5 rings (SSSR count). The summed E-state index contributed by atoms with van der Waals surface area (Å²) in [6.07, 6.45) is 1.38. The van der Waals surface area contributed by atoms with E-state index in [0.29, 0.717) is 42.7 Å². The number of esters is 1. The summed E-state index contributed by atoms with van der Waals surface area (Å²) < 4.78 is 17.0. The molecular formula is C31H22BrCl2N3O5. The normalized spacial score (nSPS) is 11.1. The summed E-state index contributed by atoms with van der Waals surface area (Å²) >= 11 is 16.0. The lowest BCUT2D eigenvalue weighted by Gasteiger charge is -2.11. The van der Waals surface area contributed by atoms with Crippen LogP contribution in [-0.4, -0.2) is 37.3 Å². The summed E-state index contributed by atoms with van der Waals surface area (Å²) in [6.45, 7) is 0. The van der Waals surface area contributed by atoms with Gasteiger partial charge in [0.1, 0.15) is 28.5 Å². The summed E-state index contributed by atoms with van der Waals surface area (Å²) in [5.41, 5.74) is 5.40. The van der Waals surface area contributed by atoms with Gasteiger partial charge in [0, 0.05) is 42.1 Å². The molecule has 0 fully saturated rings. The summed E-state index contributed by atoms with van der Waals surface area (Å²) in [5.74, 6) is -0.0272. The van der Waals surface area contributed by atoms with Gasteiger partial charge in [0.15, 0.2) is 0 Å².